The zero-order chi connectivity index (χ0) is 10.4. The molecule has 0 saturated carbocycles. The van der Waals surface area contributed by atoms with E-state index in [1.165, 1.54) is 11.1 Å². The van der Waals surface area contributed by atoms with E-state index in [1.807, 2.05) is 0 Å². The van der Waals surface area contributed by atoms with Crippen molar-refractivity contribution in [3.05, 3.63) is 11.1 Å². The Bertz CT molecular complexity index is 205. The van der Waals surface area contributed by atoms with Crippen LogP contribution < -0.4 is 0 Å². The molecule has 0 saturated heterocycles. The molecule has 13 heavy (non-hydrogen) atoms. The molecular weight excluding hydrogens is 184 g/mol. The molecule has 1 N–H and O–H groups in total. The molecule has 0 aliphatic rings. The highest BCUT2D eigenvalue weighted by Crippen LogP contribution is 2.14. The van der Waals surface area contributed by atoms with E-state index in [-0.39, 0.29) is 5.92 Å². The van der Waals surface area contributed by atoms with Gasteiger partial charge >= 0.3 is 5.97 Å². The Kier molecular flexibility index (Phi) is 5.88. The summed E-state index contributed by atoms with van der Waals surface area (Å²) in [6.45, 7) is 7.99. The first-order valence-corrected chi connectivity index (χ1v) is 5.54. The van der Waals surface area contributed by atoms with Gasteiger partial charge in [-0.2, -0.15) is 11.8 Å². The zero-order valence-electron chi connectivity index (χ0n) is 8.76. The summed E-state index contributed by atoms with van der Waals surface area (Å²) in [7, 11) is 0. The number of carboxylic acid groups (broad SMARTS) is 1. The minimum absolute atomic E-state index is 0.241. The van der Waals surface area contributed by atoms with Crippen molar-refractivity contribution in [2.75, 3.05) is 11.5 Å². The minimum Gasteiger partial charge on any atom is -0.481 e. The Hall–Kier alpha value is -0.440. The van der Waals surface area contributed by atoms with Crippen LogP contribution in [0.1, 0.15) is 27.7 Å². The molecule has 0 aromatic carbocycles. The van der Waals surface area contributed by atoms with E-state index in [0.717, 1.165) is 5.75 Å². The topological polar surface area (TPSA) is 37.3 Å². The monoisotopic (exact) mass is 202 g/mol. The van der Waals surface area contributed by atoms with E-state index < -0.39 is 5.97 Å². The fourth-order valence-electron chi connectivity index (χ4n) is 0.604. The zero-order valence-corrected chi connectivity index (χ0v) is 9.57. The maximum absolute atomic E-state index is 10.5. The van der Waals surface area contributed by atoms with Crippen molar-refractivity contribution in [1.82, 2.24) is 0 Å². The van der Waals surface area contributed by atoms with Crippen molar-refractivity contribution in [3.63, 3.8) is 0 Å². The highest BCUT2D eigenvalue weighted by Gasteiger charge is 2.10. The molecule has 1 atom stereocenters. The number of hydrogen-bond acceptors (Lipinski definition) is 2. The van der Waals surface area contributed by atoms with Gasteiger partial charge in [-0.15, -0.1) is 0 Å². The summed E-state index contributed by atoms with van der Waals surface area (Å²) < 4.78 is 0. The number of aliphatic carboxylic acids is 1. The van der Waals surface area contributed by atoms with Crippen molar-refractivity contribution >= 4 is 17.7 Å². The van der Waals surface area contributed by atoms with Crippen LogP contribution in [0.25, 0.3) is 0 Å². The van der Waals surface area contributed by atoms with Crippen LogP contribution in [0.15, 0.2) is 11.1 Å². The Morgan fingerprint density at radius 3 is 2.31 bits per heavy atom. The predicted octanol–water partition coefficient (Wildman–Crippen LogP) is 2.80. The Balaban J connectivity index is 3.69. The molecule has 0 aliphatic heterocycles. The second kappa shape index (κ2) is 6.08. The van der Waals surface area contributed by atoms with Gasteiger partial charge in [0, 0.05) is 11.5 Å². The van der Waals surface area contributed by atoms with Crippen molar-refractivity contribution < 1.29 is 9.90 Å². The van der Waals surface area contributed by atoms with Crippen LogP contribution in [0.5, 0.6) is 0 Å². The van der Waals surface area contributed by atoms with Crippen molar-refractivity contribution in [3.8, 4) is 0 Å². The van der Waals surface area contributed by atoms with Crippen molar-refractivity contribution in [2.45, 2.75) is 27.7 Å². The molecular formula is C10H18O2S. The largest absolute Gasteiger partial charge is 0.481 e. The molecule has 0 bridgehead atoms. The van der Waals surface area contributed by atoms with E-state index in [1.54, 1.807) is 18.7 Å². The van der Waals surface area contributed by atoms with Gasteiger partial charge in [-0.05, 0) is 20.8 Å². The lowest BCUT2D eigenvalue weighted by atomic mass is 10.2. The van der Waals surface area contributed by atoms with Gasteiger partial charge in [0.15, 0.2) is 0 Å². The summed E-state index contributed by atoms with van der Waals surface area (Å²) in [5.41, 5.74) is 2.68. The predicted molar refractivity (Wildman–Crippen MR) is 58.2 cm³/mol. The van der Waals surface area contributed by atoms with Crippen LogP contribution in [0.2, 0.25) is 0 Å². The lowest BCUT2D eigenvalue weighted by Crippen LogP contribution is -2.12. The second-order valence-corrected chi connectivity index (χ2v) is 4.57. The van der Waals surface area contributed by atoms with E-state index in [9.17, 15) is 4.79 Å². The molecule has 0 aromatic rings. The molecule has 76 valence electrons. The Labute approximate surface area is 84.4 Å². The van der Waals surface area contributed by atoms with E-state index >= 15 is 0 Å². The van der Waals surface area contributed by atoms with Gasteiger partial charge in [0.05, 0.1) is 5.92 Å². The normalized spacial score (nSPS) is 12.3. The quantitative estimate of drug-likeness (QED) is 0.696. The molecule has 3 heteroatoms. The highest BCUT2D eigenvalue weighted by molar-refractivity contribution is 7.99. The Morgan fingerprint density at radius 2 is 1.92 bits per heavy atom. The van der Waals surface area contributed by atoms with Gasteiger partial charge in [0.2, 0.25) is 0 Å². The average Bonchev–Trinajstić information content (AvgIpc) is 2.03. The molecule has 0 rings (SSSR count). The molecule has 1 unspecified atom stereocenters. The van der Waals surface area contributed by atoms with Crippen molar-refractivity contribution in [2.24, 2.45) is 5.92 Å². The van der Waals surface area contributed by atoms with Crippen LogP contribution in [0, 0.1) is 5.92 Å². The summed E-state index contributed by atoms with van der Waals surface area (Å²) >= 11 is 1.69. The third-order valence-corrected chi connectivity index (χ3v) is 3.33. The first kappa shape index (κ1) is 12.6. The van der Waals surface area contributed by atoms with E-state index in [0.29, 0.717) is 5.75 Å². The molecule has 0 amide bonds. The third kappa shape index (κ3) is 5.75. The van der Waals surface area contributed by atoms with Gasteiger partial charge in [-0.25, -0.2) is 0 Å². The van der Waals surface area contributed by atoms with Crippen molar-refractivity contribution in [1.29, 1.82) is 0 Å². The Morgan fingerprint density at radius 1 is 1.38 bits per heavy atom. The van der Waals surface area contributed by atoms with Crippen LogP contribution in [0.3, 0.4) is 0 Å². The number of carbonyl (C=O) groups is 1. The summed E-state index contributed by atoms with van der Waals surface area (Å²) in [6, 6.07) is 0. The molecule has 2 nitrogen and oxygen atoms in total. The van der Waals surface area contributed by atoms with Gasteiger partial charge in [-0.1, -0.05) is 18.1 Å². The number of hydrogen-bond donors (Lipinski definition) is 1. The molecule has 0 heterocycles. The van der Waals surface area contributed by atoms with Gasteiger partial charge in [0.1, 0.15) is 0 Å². The molecule has 0 aliphatic carbocycles. The molecule has 0 fully saturated rings. The summed E-state index contributed by atoms with van der Waals surface area (Å²) in [5.74, 6) is 0.692. The summed E-state index contributed by atoms with van der Waals surface area (Å²) in [6.07, 6.45) is 0. The number of allylic oxidation sites excluding steroid dienone is 1. The second-order valence-electron chi connectivity index (χ2n) is 3.53. The molecule has 0 spiro atoms. The fourth-order valence-corrected chi connectivity index (χ4v) is 1.81. The molecule has 0 radical (unpaired) electrons. The van der Waals surface area contributed by atoms with Crippen LogP contribution in [-0.2, 0) is 4.79 Å². The minimum atomic E-state index is -0.706. The van der Waals surface area contributed by atoms with Gasteiger partial charge in [0.25, 0.3) is 0 Å². The summed E-state index contributed by atoms with van der Waals surface area (Å²) in [5, 5.41) is 8.63. The average molecular weight is 202 g/mol. The lowest BCUT2D eigenvalue weighted by molar-refractivity contribution is -0.140. The lowest BCUT2D eigenvalue weighted by Gasteiger charge is -2.06. The van der Waals surface area contributed by atoms with Crippen LogP contribution in [0.4, 0.5) is 0 Å². The number of rotatable bonds is 5. The number of carboxylic acids is 1. The molecule has 0 aromatic heterocycles. The number of thioether (sulfide) groups is 1. The maximum atomic E-state index is 10.5. The van der Waals surface area contributed by atoms with Gasteiger partial charge in [-0.3, -0.25) is 4.79 Å². The van der Waals surface area contributed by atoms with Gasteiger partial charge < -0.3 is 5.11 Å². The van der Waals surface area contributed by atoms with E-state index in [4.69, 9.17) is 5.11 Å². The maximum Gasteiger partial charge on any atom is 0.307 e. The first-order chi connectivity index (χ1) is 5.95. The third-order valence-electron chi connectivity index (χ3n) is 1.96. The summed E-state index contributed by atoms with van der Waals surface area (Å²) in [4.78, 5) is 10.5. The first-order valence-electron chi connectivity index (χ1n) is 4.38. The SMILES string of the molecule is CC(C)=C(C)CSCC(C)C(=O)O. The van der Waals surface area contributed by atoms with Crippen LogP contribution in [-0.4, -0.2) is 22.6 Å². The fraction of sp³-hybridized carbons (Fsp3) is 0.700. The highest BCUT2D eigenvalue weighted by atomic mass is 32.2. The van der Waals surface area contributed by atoms with E-state index in [2.05, 4.69) is 20.8 Å². The smallest absolute Gasteiger partial charge is 0.307 e. The standard InChI is InChI=1S/C10H18O2S/c1-7(2)8(3)5-13-6-9(4)10(11)12/h9H,5-6H2,1-4H3,(H,11,12). The van der Waals surface area contributed by atoms with Crippen LogP contribution >= 0.6 is 11.8 Å².